The summed E-state index contributed by atoms with van der Waals surface area (Å²) < 4.78 is 0. The molecular formula is C7H26N6. The van der Waals surface area contributed by atoms with Crippen molar-refractivity contribution in [1.29, 1.82) is 0 Å². The molecule has 0 amide bonds. The predicted molar refractivity (Wildman–Crippen MR) is 61.3 cm³/mol. The minimum Gasteiger partial charge on any atom is -0.344 e. The van der Waals surface area contributed by atoms with E-state index in [4.69, 9.17) is 0 Å². The number of benzene rings is 1. The summed E-state index contributed by atoms with van der Waals surface area (Å²) in [6.07, 6.45) is 0. The molecule has 1 rings (SSSR count). The summed E-state index contributed by atoms with van der Waals surface area (Å²) in [6.45, 7) is 2.08. The van der Waals surface area contributed by atoms with Gasteiger partial charge in [0.05, 0.1) is 0 Å². The van der Waals surface area contributed by atoms with Gasteiger partial charge in [0, 0.05) is 0 Å². The molecule has 0 radical (unpaired) electrons. The van der Waals surface area contributed by atoms with Crippen molar-refractivity contribution in [2.24, 2.45) is 0 Å². The van der Waals surface area contributed by atoms with Gasteiger partial charge in [-0.25, -0.2) is 0 Å². The molecule has 1 aromatic carbocycles. The first kappa shape index (κ1) is 40.4. The molecule has 1 aromatic rings. The molecule has 0 atom stereocenters. The van der Waals surface area contributed by atoms with E-state index >= 15 is 0 Å². The average Bonchev–Trinajstić information content (AvgIpc) is 1.69. The Bertz CT molecular complexity index is 143. The number of hydrogen-bond acceptors (Lipinski definition) is 6. The van der Waals surface area contributed by atoms with Crippen LogP contribution in [0.4, 0.5) is 0 Å². The van der Waals surface area contributed by atoms with Crippen LogP contribution in [0.15, 0.2) is 30.3 Å². The second kappa shape index (κ2) is 22.4. The van der Waals surface area contributed by atoms with E-state index in [-0.39, 0.29) is 36.9 Å². The number of rotatable bonds is 0. The first-order chi connectivity index (χ1) is 3.39. The van der Waals surface area contributed by atoms with Crippen LogP contribution in [0.3, 0.4) is 0 Å². The molecule has 6 nitrogen and oxygen atoms in total. The van der Waals surface area contributed by atoms with Gasteiger partial charge in [-0.05, 0) is 6.92 Å². The molecule has 0 saturated heterocycles. The average molecular weight is 194 g/mol. The molecular weight excluding hydrogens is 168 g/mol. The largest absolute Gasteiger partial charge is 0.344 e. The van der Waals surface area contributed by atoms with Gasteiger partial charge in [-0.2, -0.15) is 0 Å². The van der Waals surface area contributed by atoms with Crippen LogP contribution in [0.2, 0.25) is 0 Å². The Balaban J connectivity index is -0.0000000204. The molecule has 0 saturated carbocycles. The summed E-state index contributed by atoms with van der Waals surface area (Å²) in [6, 6.07) is 10.3. The van der Waals surface area contributed by atoms with Gasteiger partial charge in [0.15, 0.2) is 0 Å². The molecule has 0 aliphatic heterocycles. The van der Waals surface area contributed by atoms with E-state index in [0.717, 1.165) is 0 Å². The lowest BCUT2D eigenvalue weighted by atomic mass is 10.2. The third-order valence-electron chi connectivity index (χ3n) is 0.940. The zero-order chi connectivity index (χ0) is 5.11. The van der Waals surface area contributed by atoms with Crippen molar-refractivity contribution in [3.8, 4) is 0 Å². The van der Waals surface area contributed by atoms with Crippen LogP contribution in [0.5, 0.6) is 0 Å². The normalized spacial score (nSPS) is 4.69. The SMILES string of the molecule is Cc1ccccc1.N.N.N.N.N.N. The van der Waals surface area contributed by atoms with E-state index in [1.54, 1.807) is 0 Å². The molecule has 0 spiro atoms. The van der Waals surface area contributed by atoms with Gasteiger partial charge in [0.25, 0.3) is 0 Å². The summed E-state index contributed by atoms with van der Waals surface area (Å²) in [5, 5.41) is 0. The van der Waals surface area contributed by atoms with Gasteiger partial charge >= 0.3 is 0 Å². The lowest BCUT2D eigenvalue weighted by molar-refractivity contribution is 1.48. The summed E-state index contributed by atoms with van der Waals surface area (Å²) in [5.74, 6) is 0. The van der Waals surface area contributed by atoms with E-state index in [0.29, 0.717) is 0 Å². The van der Waals surface area contributed by atoms with Crippen LogP contribution in [0.25, 0.3) is 0 Å². The molecule has 6 heteroatoms. The molecule has 0 aromatic heterocycles. The maximum Gasteiger partial charge on any atom is -0.0398 e. The highest BCUT2D eigenvalue weighted by atomic mass is 14.0. The van der Waals surface area contributed by atoms with Crippen LogP contribution in [0.1, 0.15) is 5.56 Å². The van der Waals surface area contributed by atoms with E-state index in [2.05, 4.69) is 19.1 Å². The van der Waals surface area contributed by atoms with E-state index in [9.17, 15) is 0 Å². The molecule has 0 aliphatic carbocycles. The Hall–Kier alpha value is -1.02. The van der Waals surface area contributed by atoms with Gasteiger partial charge in [0.2, 0.25) is 0 Å². The van der Waals surface area contributed by atoms with Crippen molar-refractivity contribution in [3.05, 3.63) is 35.9 Å². The Morgan fingerprint density at radius 3 is 1.08 bits per heavy atom. The van der Waals surface area contributed by atoms with Crippen molar-refractivity contribution in [2.45, 2.75) is 6.92 Å². The van der Waals surface area contributed by atoms with Gasteiger partial charge in [-0.1, -0.05) is 35.9 Å². The minimum atomic E-state index is 0. The fourth-order valence-electron chi connectivity index (χ4n) is 0.534. The maximum absolute atomic E-state index is 2.08. The summed E-state index contributed by atoms with van der Waals surface area (Å²) >= 11 is 0. The fraction of sp³-hybridized carbons (Fsp3) is 0.143. The van der Waals surface area contributed by atoms with E-state index in [1.807, 2.05) is 18.2 Å². The highest BCUT2D eigenvalue weighted by Gasteiger charge is 1.72. The van der Waals surface area contributed by atoms with Gasteiger partial charge in [-0.15, -0.1) is 0 Å². The molecule has 0 unspecified atom stereocenters. The van der Waals surface area contributed by atoms with Crippen LogP contribution < -0.4 is 36.9 Å². The predicted octanol–water partition coefficient (Wildman–Crippen LogP) is 2.97. The van der Waals surface area contributed by atoms with Crippen molar-refractivity contribution >= 4 is 0 Å². The first-order valence-corrected chi connectivity index (χ1v) is 2.41. The van der Waals surface area contributed by atoms with Crippen LogP contribution >= 0.6 is 0 Å². The molecule has 84 valence electrons. The highest BCUT2D eigenvalue weighted by molar-refractivity contribution is 5.11. The van der Waals surface area contributed by atoms with Crippen molar-refractivity contribution in [3.63, 3.8) is 0 Å². The maximum atomic E-state index is 2.08. The Morgan fingerprint density at radius 2 is 0.923 bits per heavy atom. The molecule has 18 N–H and O–H groups in total. The van der Waals surface area contributed by atoms with Gasteiger partial charge in [0.1, 0.15) is 0 Å². The fourth-order valence-corrected chi connectivity index (χ4v) is 0.534. The van der Waals surface area contributed by atoms with Crippen LogP contribution in [-0.4, -0.2) is 0 Å². The third kappa shape index (κ3) is 18.2. The van der Waals surface area contributed by atoms with Crippen molar-refractivity contribution in [2.75, 3.05) is 0 Å². The van der Waals surface area contributed by atoms with E-state index < -0.39 is 0 Å². The topological polar surface area (TPSA) is 210 Å². The summed E-state index contributed by atoms with van der Waals surface area (Å²) in [5.41, 5.74) is 1.32. The third-order valence-corrected chi connectivity index (χ3v) is 0.940. The van der Waals surface area contributed by atoms with E-state index in [1.165, 1.54) is 5.56 Å². The lowest BCUT2D eigenvalue weighted by Crippen LogP contribution is -1.62. The number of hydrogen-bond donors (Lipinski definition) is 6. The molecule has 13 heavy (non-hydrogen) atoms. The zero-order valence-corrected chi connectivity index (χ0v) is 8.63. The second-order valence-corrected chi connectivity index (χ2v) is 1.65. The van der Waals surface area contributed by atoms with Crippen LogP contribution in [0, 0.1) is 6.92 Å². The van der Waals surface area contributed by atoms with Crippen molar-refractivity contribution in [1.82, 2.24) is 36.9 Å². The molecule has 0 aliphatic rings. The van der Waals surface area contributed by atoms with Crippen LogP contribution in [-0.2, 0) is 0 Å². The Morgan fingerprint density at radius 1 is 0.615 bits per heavy atom. The Labute approximate surface area is 80.6 Å². The lowest BCUT2D eigenvalue weighted by Gasteiger charge is -1.82. The second-order valence-electron chi connectivity index (χ2n) is 1.65. The van der Waals surface area contributed by atoms with Crippen molar-refractivity contribution < 1.29 is 0 Å². The van der Waals surface area contributed by atoms with Gasteiger partial charge in [-0.3, -0.25) is 0 Å². The molecule has 0 fully saturated rings. The summed E-state index contributed by atoms with van der Waals surface area (Å²) in [7, 11) is 0. The minimum absolute atomic E-state index is 0. The highest BCUT2D eigenvalue weighted by Crippen LogP contribution is 1.92. The number of aryl methyl sites for hydroxylation is 1. The molecule has 0 bridgehead atoms. The van der Waals surface area contributed by atoms with Gasteiger partial charge < -0.3 is 36.9 Å². The Kier molecular flexibility index (Phi) is 69.7. The quantitative estimate of drug-likeness (QED) is 0.365. The standard InChI is InChI=1S/C7H8.6H3N/c1-7-5-3-2-4-6-7;;;;;;/h2-6H,1H3;6*1H3. The first-order valence-electron chi connectivity index (χ1n) is 2.41. The molecule has 0 heterocycles. The zero-order valence-electron chi connectivity index (χ0n) is 8.63. The smallest absolute Gasteiger partial charge is 0.0398 e. The summed E-state index contributed by atoms with van der Waals surface area (Å²) in [4.78, 5) is 0. The monoisotopic (exact) mass is 194 g/mol.